The number of carbonyl (C=O) groups excluding carboxylic acids is 3. The molecule has 0 aromatic heterocycles. The van der Waals surface area contributed by atoms with Crippen molar-refractivity contribution in [1.29, 1.82) is 0 Å². The van der Waals surface area contributed by atoms with Gasteiger partial charge in [-0.3, -0.25) is 14.4 Å². The molecule has 2 aromatic carbocycles. The molecule has 2 aromatic rings. The summed E-state index contributed by atoms with van der Waals surface area (Å²) >= 11 is 1.15. The third-order valence-corrected chi connectivity index (χ3v) is 6.97. The molecule has 1 saturated heterocycles. The summed E-state index contributed by atoms with van der Waals surface area (Å²) < 4.78 is 0. The number of amides is 2. The highest BCUT2D eigenvalue weighted by molar-refractivity contribution is 8.14. The minimum atomic E-state index is -0.233. The van der Waals surface area contributed by atoms with Crippen LogP contribution < -0.4 is 4.90 Å². The van der Waals surface area contributed by atoms with Gasteiger partial charge < -0.3 is 0 Å². The van der Waals surface area contributed by atoms with E-state index in [-0.39, 0.29) is 40.6 Å². The summed E-state index contributed by atoms with van der Waals surface area (Å²) in [5, 5.41) is -0.105. The SMILES string of the molecule is Cc1ccc(SC(=O)c2cccc(N3C(=O)[C@@H]4[C@@H](C3=O)[C@H]3C=C[C@H]4C3)c2)cc1. The topological polar surface area (TPSA) is 54.5 Å². The van der Waals surface area contributed by atoms with Gasteiger partial charge in [-0.15, -0.1) is 0 Å². The third-order valence-electron chi connectivity index (χ3n) is 6.04. The molecule has 1 heterocycles. The summed E-state index contributed by atoms with van der Waals surface area (Å²) in [5.41, 5.74) is 2.12. The van der Waals surface area contributed by atoms with E-state index in [1.807, 2.05) is 31.2 Å². The number of anilines is 1. The second kappa shape index (κ2) is 6.45. The number of rotatable bonds is 3. The molecule has 5 heteroatoms. The fourth-order valence-electron chi connectivity index (χ4n) is 4.70. The number of thioether (sulfide) groups is 1. The van der Waals surface area contributed by atoms with Crippen LogP contribution in [0.4, 0.5) is 5.69 Å². The van der Waals surface area contributed by atoms with Crippen LogP contribution in [-0.4, -0.2) is 16.9 Å². The van der Waals surface area contributed by atoms with Crippen molar-refractivity contribution in [2.24, 2.45) is 23.7 Å². The zero-order chi connectivity index (χ0) is 19.4. The number of aryl methyl sites for hydroxylation is 1. The van der Waals surface area contributed by atoms with E-state index in [2.05, 4.69) is 12.2 Å². The summed E-state index contributed by atoms with van der Waals surface area (Å²) in [6.07, 6.45) is 5.07. The van der Waals surface area contributed by atoms with E-state index < -0.39 is 0 Å². The summed E-state index contributed by atoms with van der Waals surface area (Å²) in [4.78, 5) is 40.8. The molecule has 140 valence electrons. The molecular formula is C23H19NO3S. The monoisotopic (exact) mass is 389 g/mol. The van der Waals surface area contributed by atoms with Crippen LogP contribution >= 0.6 is 11.8 Å². The molecule has 28 heavy (non-hydrogen) atoms. The molecule has 3 aliphatic rings. The van der Waals surface area contributed by atoms with Crippen molar-refractivity contribution in [3.8, 4) is 0 Å². The standard InChI is InChI=1S/C23H19NO3S/c1-13-5-9-18(10-6-13)28-23(27)16-3-2-4-17(12-16)24-21(25)19-14-7-8-15(11-14)20(19)22(24)26/h2-10,12,14-15,19-20H,11H2,1H3/t14-,15-,19-,20-/m0/s1. The Hall–Kier alpha value is -2.66. The van der Waals surface area contributed by atoms with Crippen molar-refractivity contribution in [3.05, 3.63) is 71.8 Å². The summed E-state index contributed by atoms with van der Waals surface area (Å²) in [6, 6.07) is 14.6. The Morgan fingerprint density at radius 3 is 2.25 bits per heavy atom. The van der Waals surface area contributed by atoms with Gasteiger partial charge in [-0.05, 0) is 61.2 Å². The number of benzene rings is 2. The molecule has 2 bridgehead atoms. The molecule has 0 unspecified atom stereocenters. The third kappa shape index (κ3) is 2.65. The van der Waals surface area contributed by atoms with Crippen molar-refractivity contribution in [1.82, 2.24) is 0 Å². The van der Waals surface area contributed by atoms with Gasteiger partial charge in [-0.1, -0.05) is 42.0 Å². The smallest absolute Gasteiger partial charge is 0.238 e. The van der Waals surface area contributed by atoms with Crippen molar-refractivity contribution < 1.29 is 14.4 Å². The van der Waals surface area contributed by atoms with Crippen LogP contribution in [0.5, 0.6) is 0 Å². The average Bonchev–Trinajstić information content (AvgIpc) is 3.37. The van der Waals surface area contributed by atoms with Crippen molar-refractivity contribution in [3.63, 3.8) is 0 Å². The highest BCUT2D eigenvalue weighted by atomic mass is 32.2. The van der Waals surface area contributed by atoms with Crippen LogP contribution in [0.25, 0.3) is 0 Å². The molecule has 1 aliphatic heterocycles. The maximum Gasteiger partial charge on any atom is 0.238 e. The first kappa shape index (κ1) is 17.4. The molecule has 4 nitrogen and oxygen atoms in total. The van der Waals surface area contributed by atoms with E-state index >= 15 is 0 Å². The Morgan fingerprint density at radius 2 is 1.61 bits per heavy atom. The quantitative estimate of drug-likeness (QED) is 0.448. The average molecular weight is 389 g/mol. The van der Waals surface area contributed by atoms with Crippen LogP contribution in [0.1, 0.15) is 22.3 Å². The number of hydrogen-bond donors (Lipinski definition) is 0. The van der Waals surface area contributed by atoms with Crippen LogP contribution in [0.15, 0.2) is 65.6 Å². The minimum Gasteiger partial charge on any atom is -0.281 e. The van der Waals surface area contributed by atoms with Gasteiger partial charge in [0, 0.05) is 10.5 Å². The fourth-order valence-corrected chi connectivity index (χ4v) is 5.43. The molecule has 0 radical (unpaired) electrons. The Morgan fingerprint density at radius 1 is 0.964 bits per heavy atom. The zero-order valence-corrected chi connectivity index (χ0v) is 16.2. The molecule has 2 aliphatic carbocycles. The number of fused-ring (bicyclic) bond motifs is 5. The Bertz CT molecular complexity index is 996. The highest BCUT2D eigenvalue weighted by Gasteiger charge is 2.59. The number of carbonyl (C=O) groups is 3. The van der Waals surface area contributed by atoms with Gasteiger partial charge in [0.05, 0.1) is 17.5 Å². The van der Waals surface area contributed by atoms with E-state index in [1.54, 1.807) is 24.3 Å². The van der Waals surface area contributed by atoms with E-state index in [1.165, 1.54) is 4.90 Å². The Labute approximate surface area is 167 Å². The lowest BCUT2D eigenvalue weighted by molar-refractivity contribution is -0.123. The van der Waals surface area contributed by atoms with Gasteiger partial charge in [0.2, 0.25) is 16.9 Å². The number of imide groups is 1. The van der Waals surface area contributed by atoms with Gasteiger partial charge >= 0.3 is 0 Å². The van der Waals surface area contributed by atoms with Crippen LogP contribution in [0.2, 0.25) is 0 Å². The van der Waals surface area contributed by atoms with E-state index in [0.717, 1.165) is 28.6 Å². The minimum absolute atomic E-state index is 0.105. The predicted molar refractivity (Wildman–Crippen MR) is 108 cm³/mol. The first-order valence-electron chi connectivity index (χ1n) is 9.48. The fraction of sp³-hybridized carbons (Fsp3) is 0.261. The van der Waals surface area contributed by atoms with Crippen LogP contribution in [0.3, 0.4) is 0 Å². The maximum atomic E-state index is 13.0. The van der Waals surface area contributed by atoms with Crippen molar-refractivity contribution in [2.45, 2.75) is 18.2 Å². The second-order valence-corrected chi connectivity index (χ2v) is 8.81. The van der Waals surface area contributed by atoms with Crippen molar-refractivity contribution >= 4 is 34.4 Å². The Kier molecular flexibility index (Phi) is 4.02. The Balaban J connectivity index is 1.40. The number of nitrogens with zero attached hydrogens (tertiary/aromatic N) is 1. The zero-order valence-electron chi connectivity index (χ0n) is 15.4. The molecule has 1 saturated carbocycles. The summed E-state index contributed by atoms with van der Waals surface area (Å²) in [6.45, 7) is 2.00. The van der Waals surface area contributed by atoms with E-state index in [4.69, 9.17) is 0 Å². The van der Waals surface area contributed by atoms with Crippen LogP contribution in [0, 0.1) is 30.6 Å². The first-order valence-corrected chi connectivity index (χ1v) is 10.3. The molecule has 5 rings (SSSR count). The molecule has 0 spiro atoms. The largest absolute Gasteiger partial charge is 0.281 e. The first-order chi connectivity index (χ1) is 13.5. The summed E-state index contributed by atoms with van der Waals surface area (Å²) in [7, 11) is 0. The van der Waals surface area contributed by atoms with Gasteiger partial charge in [0.25, 0.3) is 0 Å². The lowest BCUT2D eigenvalue weighted by Gasteiger charge is -2.18. The number of hydrogen-bond acceptors (Lipinski definition) is 4. The molecule has 4 atom stereocenters. The maximum absolute atomic E-state index is 13.0. The van der Waals surface area contributed by atoms with Gasteiger partial charge in [-0.25, -0.2) is 4.90 Å². The predicted octanol–water partition coefficient (Wildman–Crippen LogP) is 4.24. The molecule has 0 N–H and O–H groups in total. The molecular weight excluding hydrogens is 370 g/mol. The number of allylic oxidation sites excluding steroid dienone is 2. The second-order valence-electron chi connectivity index (χ2n) is 7.76. The van der Waals surface area contributed by atoms with Gasteiger partial charge in [-0.2, -0.15) is 0 Å². The summed E-state index contributed by atoms with van der Waals surface area (Å²) in [5.74, 6) is -0.352. The lowest BCUT2D eigenvalue weighted by atomic mass is 9.85. The molecule has 2 fully saturated rings. The highest BCUT2D eigenvalue weighted by Crippen LogP contribution is 2.53. The van der Waals surface area contributed by atoms with Crippen molar-refractivity contribution in [2.75, 3.05) is 4.90 Å². The molecule has 2 amide bonds. The van der Waals surface area contributed by atoms with E-state index in [9.17, 15) is 14.4 Å². The van der Waals surface area contributed by atoms with Crippen LogP contribution in [-0.2, 0) is 9.59 Å². The van der Waals surface area contributed by atoms with Gasteiger partial charge in [0.1, 0.15) is 0 Å². The normalized spacial score (nSPS) is 27.5. The lowest BCUT2D eigenvalue weighted by Crippen LogP contribution is -2.32. The van der Waals surface area contributed by atoms with Gasteiger partial charge in [0.15, 0.2) is 0 Å². The van der Waals surface area contributed by atoms with E-state index in [0.29, 0.717) is 11.3 Å².